The zero-order valence-electron chi connectivity index (χ0n) is 82.3. The molecule has 0 radical (unpaired) electrons. The molecule has 0 aliphatic heterocycles. The van der Waals surface area contributed by atoms with Crippen LogP contribution in [0.2, 0.25) is 72.5 Å². The summed E-state index contributed by atoms with van der Waals surface area (Å²) in [5, 5.41) is -0.00488. The fourth-order valence-corrected chi connectivity index (χ4v) is 18.2. The van der Waals surface area contributed by atoms with Gasteiger partial charge in [0, 0.05) is 100 Å². The number of fused-ring (bicyclic) bond motifs is 8. The number of unbranched alkanes of at least 4 members (excludes halogenated alkanes) is 12. The summed E-state index contributed by atoms with van der Waals surface area (Å²) in [5.74, 6) is 0.667. The summed E-state index contributed by atoms with van der Waals surface area (Å²) in [7, 11) is -8.41. The van der Waals surface area contributed by atoms with Crippen LogP contribution in [0.5, 0.6) is 23.0 Å². The smallest absolute Gasteiger partial charge is 0.333 e. The topological polar surface area (TPSA) is 179 Å². The Bertz CT molecular complexity index is 3470. The van der Waals surface area contributed by atoms with E-state index in [0.717, 1.165) is 195 Å². The van der Waals surface area contributed by atoms with Gasteiger partial charge >= 0.3 is 23.9 Å². The number of carbonyl (C=O) groups excluding carboxylic acids is 4. The maximum Gasteiger partial charge on any atom is 0.333 e. The lowest BCUT2D eigenvalue weighted by molar-refractivity contribution is -0.140. The molecule has 1 aliphatic rings. The highest BCUT2D eigenvalue weighted by atomic mass is 28.4. The number of hydrogen-bond acceptors (Lipinski definition) is 16. The van der Waals surface area contributed by atoms with Crippen molar-refractivity contribution >= 4 is 57.1 Å². The molecule has 0 spiro atoms. The van der Waals surface area contributed by atoms with Crippen LogP contribution in [-0.2, 0) is 107 Å². The van der Waals surface area contributed by atoms with Crippen molar-refractivity contribution in [2.24, 2.45) is 0 Å². The van der Waals surface area contributed by atoms with E-state index in [0.29, 0.717) is 123 Å². The van der Waals surface area contributed by atoms with E-state index in [9.17, 15) is 19.2 Å². The van der Waals surface area contributed by atoms with Crippen molar-refractivity contribution in [1.29, 1.82) is 0 Å². The molecule has 4 aromatic carbocycles. The highest BCUT2D eigenvalue weighted by Crippen LogP contribution is 2.45. The summed E-state index contributed by atoms with van der Waals surface area (Å²) in [6.45, 7) is 71.1. The Morgan fingerprint density at radius 2 is 0.435 bits per heavy atom. The van der Waals surface area contributed by atoms with Gasteiger partial charge in [-0.25, -0.2) is 19.2 Å². The minimum atomic E-state index is -2.10. The first-order valence-corrected chi connectivity index (χ1v) is 58.9. The first-order valence-electron chi connectivity index (χ1n) is 47.2. The van der Waals surface area contributed by atoms with E-state index in [1.807, 2.05) is 0 Å². The molecule has 8 bridgehead atoms. The van der Waals surface area contributed by atoms with Gasteiger partial charge in [0.15, 0.2) is 33.3 Å². The van der Waals surface area contributed by atoms with Crippen LogP contribution in [0.3, 0.4) is 0 Å². The van der Waals surface area contributed by atoms with E-state index in [4.69, 9.17) is 55.6 Å². The van der Waals surface area contributed by atoms with Gasteiger partial charge in [-0.05, 0) is 191 Å². The molecule has 696 valence electrons. The third kappa shape index (κ3) is 35.9. The van der Waals surface area contributed by atoms with E-state index in [2.05, 4.69) is 238 Å². The summed E-state index contributed by atoms with van der Waals surface area (Å²) in [6.07, 6.45) is 23.0. The Hall–Kier alpha value is -6.37. The molecule has 0 aromatic heterocycles. The van der Waals surface area contributed by atoms with Gasteiger partial charge in [0.25, 0.3) is 0 Å². The molecule has 0 atom stereocenters. The average Bonchev–Trinajstić information content (AvgIpc) is 0.768. The molecule has 0 amide bonds. The Kier molecular flexibility index (Phi) is 45.1. The lowest BCUT2D eigenvalue weighted by Gasteiger charge is -2.36. The summed E-state index contributed by atoms with van der Waals surface area (Å²) in [5.41, 5.74) is 13.4. The lowest BCUT2D eigenvalue weighted by Crippen LogP contribution is -2.41. The van der Waals surface area contributed by atoms with Crippen molar-refractivity contribution in [3.63, 3.8) is 0 Å². The van der Waals surface area contributed by atoms with Crippen molar-refractivity contribution in [3.8, 4) is 23.0 Å². The Morgan fingerprint density at radius 1 is 0.266 bits per heavy atom. The van der Waals surface area contributed by atoms with Gasteiger partial charge < -0.3 is 55.6 Å². The van der Waals surface area contributed by atoms with E-state index >= 15 is 0 Å². The fourth-order valence-electron chi connectivity index (χ4n) is 14.0. The molecule has 0 heterocycles. The van der Waals surface area contributed by atoms with Crippen LogP contribution in [0, 0.1) is 0 Å². The lowest BCUT2D eigenvalue weighted by atomic mass is 9.87. The average molecular weight is 1790 g/mol. The number of carbonyl (C=O) groups is 4. The van der Waals surface area contributed by atoms with Crippen molar-refractivity contribution < 1.29 is 74.8 Å². The number of benzene rings is 4. The Balaban J connectivity index is 1.88. The van der Waals surface area contributed by atoms with Crippen LogP contribution < -0.4 is 18.9 Å². The number of hydrogen-bond donors (Lipinski definition) is 0. The number of esters is 4. The molecule has 5 rings (SSSR count). The van der Waals surface area contributed by atoms with Gasteiger partial charge in [-0.1, -0.05) is 263 Å². The summed E-state index contributed by atoms with van der Waals surface area (Å²) in [4.78, 5) is 56.0. The third-order valence-electron chi connectivity index (χ3n) is 26.1. The SMILES string of the molecule is C=C(CCO[Si](C)(C)C(C)(C)C)C(=O)OCCOc1c2cc(CCCCCC)cc1Cc1cc(CCCCCC)cc(c1OCCOC(=O)C(=C)CCO[Si](C)(C)C(C)(C)C)Cc1cc(CCCCCC)cc(c1OCCOC(=O)C(=C)CCO[Si](C)(C)C(C)(C)C)Cc1cc(CCCCCC)cc(c1OCCOC(=O)C(=C)CCO[Si](C)(C)C(C)(C)C)C2. The second kappa shape index (κ2) is 51.7. The highest BCUT2D eigenvalue weighted by molar-refractivity contribution is 6.75. The summed E-state index contributed by atoms with van der Waals surface area (Å²) < 4.78 is 79.5. The minimum absolute atomic E-state index is 0.00122. The van der Waals surface area contributed by atoms with Gasteiger partial charge in [-0.15, -0.1) is 0 Å². The second-order valence-corrected chi connectivity index (χ2v) is 59.9. The Labute approximate surface area is 756 Å². The van der Waals surface area contributed by atoms with E-state index in [-0.39, 0.29) is 73.0 Å². The summed E-state index contributed by atoms with van der Waals surface area (Å²) >= 11 is 0. The van der Waals surface area contributed by atoms with Crippen LogP contribution >= 0.6 is 0 Å². The molecule has 20 heteroatoms. The zero-order valence-corrected chi connectivity index (χ0v) is 86.3. The maximum absolute atomic E-state index is 14.0. The molecule has 0 N–H and O–H groups in total. The largest absolute Gasteiger partial charge is 0.489 e. The van der Waals surface area contributed by atoms with E-state index < -0.39 is 57.1 Å². The molecule has 16 nitrogen and oxygen atoms in total. The first kappa shape index (κ1) is 108. The Morgan fingerprint density at radius 3 is 0.589 bits per heavy atom. The number of ether oxygens (including phenoxy) is 8. The number of rotatable bonds is 56. The molecule has 0 saturated heterocycles. The molecule has 124 heavy (non-hydrogen) atoms. The predicted molar refractivity (Wildman–Crippen MR) is 522 cm³/mol. The second-order valence-electron chi connectivity index (χ2n) is 40.7. The normalized spacial score (nSPS) is 13.0. The molecule has 0 unspecified atom stereocenters. The number of aryl methyl sites for hydroxylation is 4. The zero-order chi connectivity index (χ0) is 92.3. The van der Waals surface area contributed by atoms with E-state index in [1.165, 1.54) is 0 Å². The molecular weight excluding hydrogens is 1620 g/mol. The van der Waals surface area contributed by atoms with Crippen LogP contribution in [0.4, 0.5) is 0 Å². The molecule has 4 aromatic rings. The molecular formula is C104H168O16Si4. The van der Waals surface area contributed by atoms with Gasteiger partial charge in [0.05, 0.1) is 0 Å². The molecule has 0 saturated carbocycles. The summed E-state index contributed by atoms with van der Waals surface area (Å²) in [6, 6.07) is 18.5. The van der Waals surface area contributed by atoms with Crippen LogP contribution in [0.1, 0.15) is 306 Å². The highest BCUT2D eigenvalue weighted by Gasteiger charge is 2.41. The van der Waals surface area contributed by atoms with Crippen molar-refractivity contribution in [2.75, 3.05) is 79.3 Å². The molecule has 0 fully saturated rings. The van der Waals surface area contributed by atoms with Gasteiger partial charge in [-0.3, -0.25) is 0 Å². The third-order valence-corrected chi connectivity index (χ3v) is 44.3. The maximum atomic E-state index is 14.0. The van der Waals surface area contributed by atoms with Gasteiger partial charge in [0.2, 0.25) is 0 Å². The molecule has 1 aliphatic carbocycles. The standard InChI is InChI=1S/C104H168O16Si4/c1-29-33-37-41-45-81-65-85-73-87-67-82(46-42-38-34-30-2)69-89(94(87)110-58-62-114-98(106)78(6)50-54-118-122(23,24)102(12,13)14)75-91-71-84(48-44-40-36-32-4)72-92(96(91)112-60-64-116-100(108)80(8)52-56-120-124(27,28)104(18,19)20)76-90-70-83(47-43-39-35-31-3)68-88(95(90)111-59-63-115-99(107)79(7)51-55-119-123(25,26)103(15,16)17)74-86(66-81)93(85)109-57-61-113-97(105)77(5)49-53-117-121(21,22)101(9,10)11/h65-72H,5-8,29-64,73-76H2,1-4,9-28H3. The minimum Gasteiger partial charge on any atom is -0.489 e. The van der Waals surface area contributed by atoms with Gasteiger partial charge in [0.1, 0.15) is 75.9 Å². The van der Waals surface area contributed by atoms with Gasteiger partial charge in [-0.2, -0.15) is 0 Å². The fraction of sp³-hybridized carbons (Fsp3) is 0.654. The van der Waals surface area contributed by atoms with Crippen molar-refractivity contribution in [1.82, 2.24) is 0 Å². The van der Waals surface area contributed by atoms with Crippen LogP contribution in [-0.4, -0.2) is 136 Å². The predicted octanol–water partition coefficient (Wildman–Crippen LogP) is 26.4. The first-order chi connectivity index (χ1) is 58.2. The van der Waals surface area contributed by atoms with Crippen molar-refractivity contribution in [2.45, 2.75) is 363 Å². The van der Waals surface area contributed by atoms with Crippen LogP contribution in [0.15, 0.2) is 97.1 Å². The van der Waals surface area contributed by atoms with E-state index in [1.54, 1.807) is 0 Å². The van der Waals surface area contributed by atoms with Crippen molar-refractivity contribution in [3.05, 3.63) is 164 Å². The van der Waals surface area contributed by atoms with Crippen LogP contribution in [0.25, 0.3) is 0 Å². The quantitative estimate of drug-likeness (QED) is 0.0118. The monoisotopic (exact) mass is 1790 g/mol.